The van der Waals surface area contributed by atoms with Crippen LogP contribution in [0.2, 0.25) is 0 Å². The molecule has 0 heterocycles. The molecule has 0 amide bonds. The monoisotopic (exact) mass is 117 g/mol. The van der Waals surface area contributed by atoms with Gasteiger partial charge in [-0.3, -0.25) is 14.8 Å². The topological polar surface area (TPSA) is 58.0 Å². The summed E-state index contributed by atoms with van der Waals surface area (Å²) in [4.78, 5) is 9.94. The van der Waals surface area contributed by atoms with Crippen molar-refractivity contribution < 1.29 is 9.36 Å². The first-order chi connectivity index (χ1) is 3.18. The zero-order chi connectivity index (χ0) is 5.86. The lowest BCUT2D eigenvalue weighted by molar-refractivity contribution is -0.110. The van der Waals surface area contributed by atoms with Gasteiger partial charge in [-0.25, -0.2) is 0 Å². The van der Waals surface area contributed by atoms with Gasteiger partial charge < -0.3 is 0 Å². The molecule has 0 saturated heterocycles. The SMILES string of the molecule is CC(=O)C(=N)P=O. The minimum Gasteiger partial charge on any atom is -0.292 e. The molecule has 0 rings (SSSR count). The van der Waals surface area contributed by atoms with E-state index in [1.165, 1.54) is 6.92 Å². The van der Waals surface area contributed by atoms with E-state index in [1.807, 2.05) is 0 Å². The summed E-state index contributed by atoms with van der Waals surface area (Å²) in [7, 11) is -0.494. The highest BCUT2D eigenvalue weighted by Gasteiger charge is 1.98. The van der Waals surface area contributed by atoms with Crippen LogP contribution in [0.5, 0.6) is 0 Å². The Labute approximate surface area is 42.4 Å². The summed E-state index contributed by atoms with van der Waals surface area (Å²) in [6.45, 7) is 1.20. The largest absolute Gasteiger partial charge is 0.292 e. The second kappa shape index (κ2) is 2.59. The van der Waals surface area contributed by atoms with Crippen LogP contribution in [0.3, 0.4) is 0 Å². The van der Waals surface area contributed by atoms with Gasteiger partial charge in [-0.15, -0.1) is 0 Å². The van der Waals surface area contributed by atoms with E-state index in [0.29, 0.717) is 0 Å². The molecule has 0 spiro atoms. The van der Waals surface area contributed by atoms with Gasteiger partial charge in [0.2, 0.25) is 8.46 Å². The van der Waals surface area contributed by atoms with Crippen LogP contribution in [-0.4, -0.2) is 11.2 Å². The van der Waals surface area contributed by atoms with Crippen molar-refractivity contribution in [1.29, 1.82) is 5.41 Å². The summed E-state index contributed by atoms with van der Waals surface area (Å²) in [6.07, 6.45) is 0. The van der Waals surface area contributed by atoms with E-state index in [9.17, 15) is 9.36 Å². The summed E-state index contributed by atoms with van der Waals surface area (Å²) in [6, 6.07) is 0. The van der Waals surface area contributed by atoms with Gasteiger partial charge in [0.1, 0.15) is 0 Å². The van der Waals surface area contributed by atoms with E-state index in [2.05, 4.69) is 0 Å². The first kappa shape index (κ1) is 6.44. The first-order valence-electron chi connectivity index (χ1n) is 1.61. The smallest absolute Gasteiger partial charge is 0.215 e. The van der Waals surface area contributed by atoms with Crippen LogP contribution in [0.4, 0.5) is 0 Å². The van der Waals surface area contributed by atoms with Crippen LogP contribution in [0.1, 0.15) is 6.92 Å². The van der Waals surface area contributed by atoms with Crippen LogP contribution in [0.25, 0.3) is 0 Å². The molecule has 38 valence electrons. The normalized spacial score (nSPS) is 8.71. The fraction of sp³-hybridized carbons (Fsp3) is 0.333. The average Bonchev–Trinajstić information content (AvgIpc) is 1.65. The molecule has 0 aromatic heterocycles. The Morgan fingerprint density at radius 3 is 2.14 bits per heavy atom. The van der Waals surface area contributed by atoms with Gasteiger partial charge in [0.15, 0.2) is 11.2 Å². The summed E-state index contributed by atoms with van der Waals surface area (Å²) >= 11 is 0. The van der Waals surface area contributed by atoms with Crippen molar-refractivity contribution in [2.45, 2.75) is 6.92 Å². The van der Waals surface area contributed by atoms with E-state index >= 15 is 0 Å². The lowest BCUT2D eigenvalue weighted by atomic mass is 10.5. The van der Waals surface area contributed by atoms with Gasteiger partial charge >= 0.3 is 0 Å². The number of hydrogen-bond acceptors (Lipinski definition) is 3. The van der Waals surface area contributed by atoms with Crippen molar-refractivity contribution in [2.75, 3.05) is 0 Å². The van der Waals surface area contributed by atoms with Crippen LogP contribution in [0.15, 0.2) is 0 Å². The van der Waals surface area contributed by atoms with Crippen molar-refractivity contribution in [3.8, 4) is 0 Å². The third-order valence-corrected chi connectivity index (χ3v) is 0.922. The number of hydrogen-bond donors (Lipinski definition) is 1. The van der Waals surface area contributed by atoms with Crippen LogP contribution in [0, 0.1) is 5.41 Å². The molecular formula is C3H4NO2P. The molecule has 0 aliphatic rings. The van der Waals surface area contributed by atoms with E-state index in [4.69, 9.17) is 5.41 Å². The minimum absolute atomic E-state index is 0.375. The number of ketones is 1. The van der Waals surface area contributed by atoms with Crippen molar-refractivity contribution in [2.24, 2.45) is 0 Å². The van der Waals surface area contributed by atoms with E-state index in [-0.39, 0.29) is 5.45 Å². The van der Waals surface area contributed by atoms with Gasteiger partial charge in [0.05, 0.1) is 0 Å². The molecule has 0 atom stereocenters. The zero-order valence-electron chi connectivity index (χ0n) is 3.76. The molecule has 0 aromatic rings. The Morgan fingerprint density at radius 1 is 1.71 bits per heavy atom. The molecule has 0 aromatic carbocycles. The van der Waals surface area contributed by atoms with Gasteiger partial charge in [0.25, 0.3) is 0 Å². The fourth-order valence-corrected chi connectivity index (χ4v) is 0.193. The van der Waals surface area contributed by atoms with Crippen LogP contribution >= 0.6 is 8.46 Å². The number of rotatable bonds is 2. The molecule has 0 aliphatic carbocycles. The second-order valence-electron chi connectivity index (χ2n) is 0.996. The Kier molecular flexibility index (Phi) is 2.38. The molecule has 0 radical (unpaired) electrons. The molecule has 3 nitrogen and oxygen atoms in total. The van der Waals surface area contributed by atoms with Crippen LogP contribution < -0.4 is 0 Å². The Balaban J connectivity index is 3.81. The maximum atomic E-state index is 9.94. The van der Waals surface area contributed by atoms with Crippen molar-refractivity contribution in [3.05, 3.63) is 0 Å². The minimum atomic E-state index is -0.494. The summed E-state index contributed by atoms with van der Waals surface area (Å²) in [5.74, 6) is -0.448. The molecule has 0 aliphatic heterocycles. The van der Waals surface area contributed by atoms with Crippen molar-refractivity contribution >= 4 is 19.7 Å². The molecule has 0 bridgehead atoms. The number of Topliss-reactive ketones (excluding diaryl/α,β-unsaturated/α-hetero) is 1. The Bertz CT molecular complexity index is 120. The van der Waals surface area contributed by atoms with E-state index in [1.54, 1.807) is 0 Å². The van der Waals surface area contributed by atoms with Gasteiger partial charge in [-0.05, 0) is 0 Å². The maximum Gasteiger partial charge on any atom is 0.215 e. The van der Waals surface area contributed by atoms with Gasteiger partial charge in [-0.2, -0.15) is 0 Å². The third-order valence-electron chi connectivity index (χ3n) is 0.425. The third kappa shape index (κ3) is 2.18. The highest BCUT2D eigenvalue weighted by Crippen LogP contribution is 1.93. The quantitative estimate of drug-likeness (QED) is 0.430. The van der Waals surface area contributed by atoms with Crippen molar-refractivity contribution in [1.82, 2.24) is 0 Å². The standard InChI is InChI=1S/C3H4NO2P/c1-2(5)3(4)7-6/h4H,1H3. The summed E-state index contributed by atoms with van der Waals surface area (Å²) in [5.41, 5.74) is -0.375. The number of nitrogens with one attached hydrogen (secondary N) is 1. The van der Waals surface area contributed by atoms with Gasteiger partial charge in [0, 0.05) is 6.92 Å². The van der Waals surface area contributed by atoms with Crippen LogP contribution in [-0.2, 0) is 9.36 Å². The van der Waals surface area contributed by atoms with E-state index in [0.717, 1.165) is 0 Å². The molecule has 0 unspecified atom stereocenters. The highest BCUT2D eigenvalue weighted by molar-refractivity contribution is 7.50. The Hall–Kier alpha value is -0.560. The van der Waals surface area contributed by atoms with E-state index < -0.39 is 14.2 Å². The summed E-state index contributed by atoms with van der Waals surface area (Å²) < 4.78 is 9.60. The highest BCUT2D eigenvalue weighted by atomic mass is 31.1. The molecule has 4 heteroatoms. The lowest BCUT2D eigenvalue weighted by Crippen LogP contribution is -1.97. The zero-order valence-corrected chi connectivity index (χ0v) is 4.66. The lowest BCUT2D eigenvalue weighted by Gasteiger charge is -1.76. The average molecular weight is 117 g/mol. The molecule has 1 N–H and O–H groups in total. The first-order valence-corrected chi connectivity index (χ1v) is 2.42. The predicted molar refractivity (Wildman–Crippen MR) is 26.0 cm³/mol. The maximum absolute atomic E-state index is 9.94. The Morgan fingerprint density at radius 2 is 2.14 bits per heavy atom. The summed E-state index contributed by atoms with van der Waals surface area (Å²) in [5, 5.41) is 6.52. The number of carbonyl (C=O) groups is 1. The second-order valence-corrected chi connectivity index (χ2v) is 1.63. The predicted octanol–water partition coefficient (Wildman–Crippen LogP) is 0.844. The molecular weight excluding hydrogens is 113 g/mol. The fourth-order valence-electron chi connectivity index (χ4n) is 0.0643. The van der Waals surface area contributed by atoms with Crippen molar-refractivity contribution in [3.63, 3.8) is 0 Å². The van der Waals surface area contributed by atoms with Gasteiger partial charge in [-0.1, -0.05) is 0 Å². The molecule has 0 fully saturated rings. The number of carbonyl (C=O) groups excluding carboxylic acids is 1. The molecule has 0 saturated carbocycles. The molecule has 7 heavy (non-hydrogen) atoms.